The third-order valence-corrected chi connectivity index (χ3v) is 5.12. The van der Waals surface area contributed by atoms with Crippen LogP contribution in [-0.2, 0) is 0 Å². The van der Waals surface area contributed by atoms with Gasteiger partial charge in [-0.25, -0.2) is 4.98 Å². The second-order valence-electron chi connectivity index (χ2n) is 6.77. The summed E-state index contributed by atoms with van der Waals surface area (Å²) in [6.07, 6.45) is 0. The average Bonchev–Trinajstić information content (AvgIpc) is 3.00. The van der Waals surface area contributed by atoms with E-state index in [2.05, 4.69) is 5.32 Å². The Morgan fingerprint density at radius 2 is 1.82 bits per heavy atom. The number of hydrogen-bond acceptors (Lipinski definition) is 4. The molecule has 1 N–H and O–H groups in total. The van der Waals surface area contributed by atoms with E-state index in [-0.39, 0.29) is 0 Å². The van der Waals surface area contributed by atoms with Gasteiger partial charge in [-0.15, -0.1) is 0 Å². The number of hydrogen-bond donors (Lipinski definition) is 1. The van der Waals surface area contributed by atoms with E-state index in [1.807, 2.05) is 73.8 Å². The Kier molecular flexibility index (Phi) is 4.69. The second kappa shape index (κ2) is 7.17. The predicted octanol–water partition coefficient (Wildman–Crippen LogP) is 5.73. The standard InChI is InChI=1S/C22H21ClN4O/c1-13-9-10-16(12-18(13)23)25-20-11-14(2)24-22-21(15(3)26-27(20)22)17-7-5-6-8-19(17)28-4/h5-12,25H,1-4H3. The number of methoxy groups -OCH3 is 1. The van der Waals surface area contributed by atoms with Crippen LogP contribution in [-0.4, -0.2) is 21.7 Å². The molecule has 0 aliphatic carbocycles. The molecule has 4 rings (SSSR count). The Labute approximate surface area is 168 Å². The van der Waals surface area contributed by atoms with Crippen molar-refractivity contribution in [2.75, 3.05) is 12.4 Å². The van der Waals surface area contributed by atoms with Crippen molar-refractivity contribution >= 4 is 28.8 Å². The number of benzene rings is 2. The third kappa shape index (κ3) is 3.18. The average molecular weight is 393 g/mol. The first-order chi connectivity index (χ1) is 13.5. The first-order valence-corrected chi connectivity index (χ1v) is 9.39. The topological polar surface area (TPSA) is 51.5 Å². The zero-order chi connectivity index (χ0) is 19.8. The molecule has 5 nitrogen and oxygen atoms in total. The lowest BCUT2D eigenvalue weighted by atomic mass is 10.1. The summed E-state index contributed by atoms with van der Waals surface area (Å²) in [5, 5.41) is 8.89. The van der Waals surface area contributed by atoms with Crippen LogP contribution in [0.15, 0.2) is 48.5 Å². The van der Waals surface area contributed by atoms with Crippen LogP contribution in [0.25, 0.3) is 16.8 Å². The fourth-order valence-electron chi connectivity index (χ4n) is 3.32. The van der Waals surface area contributed by atoms with Gasteiger partial charge in [0.25, 0.3) is 0 Å². The Bertz CT molecular complexity index is 1180. The van der Waals surface area contributed by atoms with Crippen LogP contribution >= 0.6 is 11.6 Å². The number of nitrogens with one attached hydrogen (secondary N) is 1. The van der Waals surface area contributed by atoms with Crippen molar-refractivity contribution in [3.8, 4) is 16.9 Å². The van der Waals surface area contributed by atoms with Gasteiger partial charge >= 0.3 is 0 Å². The smallest absolute Gasteiger partial charge is 0.165 e. The number of para-hydroxylation sites is 1. The molecule has 2 aromatic carbocycles. The number of nitrogens with zero attached hydrogens (tertiary/aromatic N) is 3. The molecule has 0 bridgehead atoms. The van der Waals surface area contributed by atoms with E-state index >= 15 is 0 Å². The zero-order valence-electron chi connectivity index (χ0n) is 16.2. The molecular weight excluding hydrogens is 372 g/mol. The van der Waals surface area contributed by atoms with Crippen molar-refractivity contribution in [2.24, 2.45) is 0 Å². The Morgan fingerprint density at radius 1 is 1.04 bits per heavy atom. The van der Waals surface area contributed by atoms with Gasteiger partial charge in [0, 0.05) is 28.0 Å². The minimum absolute atomic E-state index is 0.721. The molecule has 142 valence electrons. The molecule has 0 saturated carbocycles. The van der Waals surface area contributed by atoms with Gasteiger partial charge in [-0.3, -0.25) is 0 Å². The molecule has 0 atom stereocenters. The number of ether oxygens (including phenoxy) is 1. The Hall–Kier alpha value is -3.05. The fraction of sp³-hybridized carbons (Fsp3) is 0.182. The summed E-state index contributed by atoms with van der Waals surface area (Å²) in [7, 11) is 1.67. The van der Waals surface area contributed by atoms with Crippen LogP contribution < -0.4 is 10.1 Å². The summed E-state index contributed by atoms with van der Waals surface area (Å²) in [5.74, 6) is 1.62. The van der Waals surface area contributed by atoms with E-state index in [4.69, 9.17) is 26.4 Å². The number of halogens is 1. The van der Waals surface area contributed by atoms with Crippen LogP contribution in [0.2, 0.25) is 5.02 Å². The second-order valence-corrected chi connectivity index (χ2v) is 7.18. The lowest BCUT2D eigenvalue weighted by Gasteiger charge is -2.11. The Morgan fingerprint density at radius 3 is 2.57 bits per heavy atom. The molecule has 0 unspecified atom stereocenters. The van der Waals surface area contributed by atoms with Crippen LogP contribution in [0.5, 0.6) is 5.75 Å². The molecule has 28 heavy (non-hydrogen) atoms. The minimum Gasteiger partial charge on any atom is -0.496 e. The highest BCUT2D eigenvalue weighted by atomic mass is 35.5. The lowest BCUT2D eigenvalue weighted by Crippen LogP contribution is -2.03. The molecule has 6 heteroatoms. The van der Waals surface area contributed by atoms with Crippen molar-refractivity contribution in [1.29, 1.82) is 0 Å². The van der Waals surface area contributed by atoms with Crippen molar-refractivity contribution in [1.82, 2.24) is 14.6 Å². The van der Waals surface area contributed by atoms with Gasteiger partial charge in [-0.1, -0.05) is 35.9 Å². The van der Waals surface area contributed by atoms with Gasteiger partial charge in [-0.05, 0) is 44.5 Å². The molecule has 2 heterocycles. The minimum atomic E-state index is 0.721. The quantitative estimate of drug-likeness (QED) is 0.482. The van der Waals surface area contributed by atoms with E-state index in [1.165, 1.54) is 0 Å². The number of fused-ring (bicyclic) bond motifs is 1. The third-order valence-electron chi connectivity index (χ3n) is 4.71. The van der Waals surface area contributed by atoms with E-state index in [0.29, 0.717) is 0 Å². The van der Waals surface area contributed by atoms with Crippen molar-refractivity contribution in [3.63, 3.8) is 0 Å². The molecule has 0 saturated heterocycles. The SMILES string of the molecule is COc1ccccc1-c1c(C)nn2c(Nc3ccc(C)c(Cl)c3)cc(C)nc12. The van der Waals surface area contributed by atoms with Crippen LogP contribution in [0.4, 0.5) is 11.5 Å². The zero-order valence-corrected chi connectivity index (χ0v) is 17.0. The maximum atomic E-state index is 6.28. The summed E-state index contributed by atoms with van der Waals surface area (Å²) in [6.45, 7) is 5.94. The fourth-order valence-corrected chi connectivity index (χ4v) is 3.50. The molecule has 0 fully saturated rings. The molecule has 0 amide bonds. The van der Waals surface area contributed by atoms with Crippen LogP contribution in [0.3, 0.4) is 0 Å². The van der Waals surface area contributed by atoms with E-state index in [1.54, 1.807) is 7.11 Å². The largest absolute Gasteiger partial charge is 0.496 e. The van der Waals surface area contributed by atoms with Gasteiger partial charge in [-0.2, -0.15) is 9.61 Å². The van der Waals surface area contributed by atoms with Crippen molar-refractivity contribution < 1.29 is 4.74 Å². The highest BCUT2D eigenvalue weighted by Gasteiger charge is 2.19. The highest BCUT2D eigenvalue weighted by molar-refractivity contribution is 6.31. The first-order valence-electron chi connectivity index (χ1n) is 9.01. The molecule has 4 aromatic rings. The van der Waals surface area contributed by atoms with E-state index < -0.39 is 0 Å². The number of anilines is 2. The van der Waals surface area contributed by atoms with Crippen LogP contribution in [0.1, 0.15) is 17.0 Å². The number of aryl methyl sites for hydroxylation is 3. The van der Waals surface area contributed by atoms with Crippen molar-refractivity contribution in [2.45, 2.75) is 20.8 Å². The molecule has 0 radical (unpaired) electrons. The molecule has 0 aliphatic heterocycles. The number of aromatic nitrogens is 3. The predicted molar refractivity (Wildman–Crippen MR) is 114 cm³/mol. The summed E-state index contributed by atoms with van der Waals surface area (Å²) in [6, 6.07) is 15.8. The van der Waals surface area contributed by atoms with Crippen LogP contribution in [0, 0.1) is 20.8 Å². The first kappa shape index (κ1) is 18.3. The van der Waals surface area contributed by atoms with Gasteiger partial charge in [0.1, 0.15) is 11.6 Å². The highest BCUT2D eigenvalue weighted by Crippen LogP contribution is 2.35. The molecule has 2 aromatic heterocycles. The summed E-state index contributed by atoms with van der Waals surface area (Å²) < 4.78 is 7.39. The van der Waals surface area contributed by atoms with Gasteiger partial charge in [0.05, 0.1) is 18.4 Å². The van der Waals surface area contributed by atoms with E-state index in [0.717, 1.165) is 56.0 Å². The number of rotatable bonds is 4. The maximum absolute atomic E-state index is 6.28. The lowest BCUT2D eigenvalue weighted by molar-refractivity contribution is 0.416. The van der Waals surface area contributed by atoms with Gasteiger partial charge < -0.3 is 10.1 Å². The molecule has 0 spiro atoms. The maximum Gasteiger partial charge on any atom is 0.165 e. The summed E-state index contributed by atoms with van der Waals surface area (Å²) >= 11 is 6.28. The normalized spacial score (nSPS) is 11.0. The summed E-state index contributed by atoms with van der Waals surface area (Å²) in [4.78, 5) is 4.76. The van der Waals surface area contributed by atoms with Gasteiger partial charge in [0.2, 0.25) is 0 Å². The Balaban J connectivity index is 1.89. The molecule has 0 aliphatic rings. The van der Waals surface area contributed by atoms with Gasteiger partial charge in [0.15, 0.2) is 5.65 Å². The molecular formula is C22H21ClN4O. The van der Waals surface area contributed by atoms with E-state index in [9.17, 15) is 0 Å². The monoisotopic (exact) mass is 392 g/mol. The van der Waals surface area contributed by atoms with Crippen molar-refractivity contribution in [3.05, 3.63) is 70.5 Å². The summed E-state index contributed by atoms with van der Waals surface area (Å²) in [5.41, 5.74) is 6.43.